The molecule has 1 aliphatic carbocycles. The van der Waals surface area contributed by atoms with E-state index in [4.69, 9.17) is 36.0 Å². The van der Waals surface area contributed by atoms with Gasteiger partial charge in [0, 0.05) is 30.0 Å². The van der Waals surface area contributed by atoms with E-state index in [1.807, 2.05) is 31.3 Å². The Balaban J connectivity index is 1.50. The number of aromatic nitrogens is 4. The van der Waals surface area contributed by atoms with Gasteiger partial charge in [-0.3, -0.25) is 4.40 Å². The molecule has 0 N–H and O–H groups in total. The van der Waals surface area contributed by atoms with Crippen molar-refractivity contribution in [2.45, 2.75) is 44.6 Å². The molecule has 1 saturated carbocycles. The lowest BCUT2D eigenvalue weighted by Crippen LogP contribution is -2.25. The highest BCUT2D eigenvalue weighted by atomic mass is 35.5. The molecule has 0 bridgehead atoms. The molecule has 6 rings (SSSR count). The van der Waals surface area contributed by atoms with E-state index in [1.54, 1.807) is 0 Å². The van der Waals surface area contributed by atoms with E-state index in [2.05, 4.69) is 16.5 Å². The third kappa shape index (κ3) is 3.44. The summed E-state index contributed by atoms with van der Waals surface area (Å²) in [7, 11) is 0. The van der Waals surface area contributed by atoms with Gasteiger partial charge in [0.25, 0.3) is 0 Å². The van der Waals surface area contributed by atoms with Crippen LogP contribution in [0.3, 0.4) is 0 Å². The van der Waals surface area contributed by atoms with Crippen LogP contribution in [0, 0.1) is 6.92 Å². The Labute approximate surface area is 185 Å². The lowest BCUT2D eigenvalue weighted by Gasteiger charge is -2.23. The summed E-state index contributed by atoms with van der Waals surface area (Å²) in [6, 6.07) is 9.96. The Morgan fingerprint density at radius 3 is 2.71 bits per heavy atom. The molecule has 0 amide bonds. The van der Waals surface area contributed by atoms with Crippen molar-refractivity contribution in [3.8, 4) is 17.1 Å². The summed E-state index contributed by atoms with van der Waals surface area (Å²) in [6.07, 6.45) is 6.21. The number of aryl methyl sites for hydroxylation is 1. The molecule has 0 spiro atoms. The van der Waals surface area contributed by atoms with Gasteiger partial charge in [0.05, 0.1) is 35.6 Å². The molecule has 158 valence electrons. The summed E-state index contributed by atoms with van der Waals surface area (Å²) >= 11 is 6.65. The minimum atomic E-state index is 0.162. The number of rotatable bonds is 4. The summed E-state index contributed by atoms with van der Waals surface area (Å²) < 4.78 is 13.8. The molecule has 7 heteroatoms. The fourth-order valence-electron chi connectivity index (χ4n) is 4.30. The molecule has 4 heterocycles. The first-order chi connectivity index (χ1) is 15.2. The van der Waals surface area contributed by atoms with Crippen LogP contribution in [0.1, 0.15) is 43.0 Å². The molecular weight excluding hydrogens is 412 g/mol. The van der Waals surface area contributed by atoms with Crippen molar-refractivity contribution in [1.29, 1.82) is 0 Å². The second-order valence-corrected chi connectivity index (χ2v) is 8.83. The van der Waals surface area contributed by atoms with Gasteiger partial charge in [-0.1, -0.05) is 11.6 Å². The standard InChI is InChI=1S/C24H23ClN4O2/c1-14-22-13-26-23(29(22)24-21(27-14)7-6-20(28-24)15-2-3-15)18-12-17(4-5-19(18)25)31-16-8-10-30-11-9-16/h4-7,12-13,15-16H,2-3,8-11H2,1H3. The molecule has 1 saturated heterocycles. The third-order valence-electron chi connectivity index (χ3n) is 6.15. The number of pyridine rings is 1. The lowest BCUT2D eigenvalue weighted by atomic mass is 10.1. The zero-order chi connectivity index (χ0) is 20.9. The number of benzene rings is 1. The van der Waals surface area contributed by atoms with E-state index < -0.39 is 0 Å². The first-order valence-corrected chi connectivity index (χ1v) is 11.2. The summed E-state index contributed by atoms with van der Waals surface area (Å²) in [5.41, 5.74) is 5.50. The Morgan fingerprint density at radius 2 is 1.90 bits per heavy atom. The monoisotopic (exact) mass is 434 g/mol. The molecule has 1 aliphatic heterocycles. The van der Waals surface area contributed by atoms with Crippen LogP contribution in [0.25, 0.3) is 28.1 Å². The Bertz CT molecular complexity index is 1290. The van der Waals surface area contributed by atoms with Gasteiger partial charge in [0.1, 0.15) is 23.2 Å². The van der Waals surface area contributed by atoms with Crippen molar-refractivity contribution in [2.24, 2.45) is 0 Å². The molecule has 0 radical (unpaired) electrons. The number of fused-ring (bicyclic) bond motifs is 3. The number of nitrogens with zero attached hydrogens (tertiary/aromatic N) is 4. The van der Waals surface area contributed by atoms with Crippen LogP contribution in [-0.4, -0.2) is 38.7 Å². The van der Waals surface area contributed by atoms with Gasteiger partial charge in [-0.2, -0.15) is 0 Å². The quantitative estimate of drug-likeness (QED) is 0.433. The average Bonchev–Trinajstić information content (AvgIpc) is 3.54. The first kappa shape index (κ1) is 19.0. The van der Waals surface area contributed by atoms with Crippen molar-refractivity contribution in [1.82, 2.24) is 19.4 Å². The normalized spacial score (nSPS) is 17.5. The molecule has 3 aromatic heterocycles. The molecule has 31 heavy (non-hydrogen) atoms. The molecule has 6 nitrogen and oxygen atoms in total. The van der Waals surface area contributed by atoms with E-state index in [9.17, 15) is 0 Å². The highest BCUT2D eigenvalue weighted by Gasteiger charge is 2.26. The minimum Gasteiger partial charge on any atom is -0.490 e. The van der Waals surface area contributed by atoms with E-state index in [-0.39, 0.29) is 6.10 Å². The van der Waals surface area contributed by atoms with E-state index >= 15 is 0 Å². The van der Waals surface area contributed by atoms with Crippen LogP contribution in [0.5, 0.6) is 5.75 Å². The SMILES string of the molecule is Cc1nc2ccc(C3CC3)nc2n2c(-c3cc(OC4CCOCC4)ccc3Cl)ncc12. The van der Waals surface area contributed by atoms with Gasteiger partial charge in [0.15, 0.2) is 5.65 Å². The third-order valence-corrected chi connectivity index (χ3v) is 6.48. The number of imidazole rings is 1. The summed E-state index contributed by atoms with van der Waals surface area (Å²) in [5.74, 6) is 2.12. The lowest BCUT2D eigenvalue weighted by molar-refractivity contribution is 0.0256. The Kier molecular flexibility index (Phi) is 4.58. The smallest absolute Gasteiger partial charge is 0.165 e. The van der Waals surface area contributed by atoms with Gasteiger partial charge in [-0.05, 0) is 50.1 Å². The Morgan fingerprint density at radius 1 is 1.06 bits per heavy atom. The zero-order valence-electron chi connectivity index (χ0n) is 17.3. The second kappa shape index (κ2) is 7.46. The number of hydrogen-bond acceptors (Lipinski definition) is 5. The van der Waals surface area contributed by atoms with Crippen molar-refractivity contribution < 1.29 is 9.47 Å². The van der Waals surface area contributed by atoms with Crippen molar-refractivity contribution >= 4 is 28.3 Å². The number of ether oxygens (including phenoxy) is 2. The zero-order valence-corrected chi connectivity index (χ0v) is 18.1. The van der Waals surface area contributed by atoms with Gasteiger partial charge in [-0.25, -0.2) is 15.0 Å². The molecule has 0 unspecified atom stereocenters. The maximum Gasteiger partial charge on any atom is 0.165 e. The van der Waals surface area contributed by atoms with Gasteiger partial charge in [0.2, 0.25) is 0 Å². The van der Waals surface area contributed by atoms with Crippen LogP contribution in [0.2, 0.25) is 5.02 Å². The highest BCUT2D eigenvalue weighted by molar-refractivity contribution is 6.33. The predicted octanol–water partition coefficient (Wildman–Crippen LogP) is 5.34. The maximum atomic E-state index is 6.65. The molecule has 0 atom stereocenters. The van der Waals surface area contributed by atoms with Gasteiger partial charge in [-0.15, -0.1) is 0 Å². The summed E-state index contributed by atoms with van der Waals surface area (Å²) in [5, 5.41) is 0.632. The fourth-order valence-corrected chi connectivity index (χ4v) is 4.50. The minimum absolute atomic E-state index is 0.162. The summed E-state index contributed by atoms with van der Waals surface area (Å²) in [4.78, 5) is 14.5. The topological polar surface area (TPSA) is 61.5 Å². The molecule has 2 fully saturated rings. The highest BCUT2D eigenvalue weighted by Crippen LogP contribution is 2.40. The van der Waals surface area contributed by atoms with Crippen LogP contribution < -0.4 is 4.74 Å². The van der Waals surface area contributed by atoms with E-state index in [1.165, 1.54) is 12.8 Å². The van der Waals surface area contributed by atoms with Crippen molar-refractivity contribution in [2.75, 3.05) is 13.2 Å². The van der Waals surface area contributed by atoms with Crippen molar-refractivity contribution in [3.05, 3.63) is 52.9 Å². The molecule has 4 aromatic rings. The fraction of sp³-hybridized carbons (Fsp3) is 0.375. The van der Waals surface area contributed by atoms with Crippen LogP contribution in [0.4, 0.5) is 0 Å². The van der Waals surface area contributed by atoms with Crippen LogP contribution >= 0.6 is 11.6 Å². The Hall–Kier alpha value is -2.70. The van der Waals surface area contributed by atoms with Crippen molar-refractivity contribution in [3.63, 3.8) is 0 Å². The first-order valence-electron chi connectivity index (χ1n) is 10.9. The predicted molar refractivity (Wildman–Crippen MR) is 120 cm³/mol. The van der Waals surface area contributed by atoms with Gasteiger partial charge < -0.3 is 9.47 Å². The average molecular weight is 435 g/mol. The molecular formula is C24H23ClN4O2. The van der Waals surface area contributed by atoms with E-state index in [0.29, 0.717) is 10.9 Å². The second-order valence-electron chi connectivity index (χ2n) is 8.42. The van der Waals surface area contributed by atoms with Crippen LogP contribution in [0.15, 0.2) is 36.5 Å². The largest absolute Gasteiger partial charge is 0.490 e. The molecule has 1 aromatic carbocycles. The number of halogens is 1. The molecule has 2 aliphatic rings. The summed E-state index contributed by atoms with van der Waals surface area (Å²) in [6.45, 7) is 3.48. The van der Waals surface area contributed by atoms with Gasteiger partial charge >= 0.3 is 0 Å². The maximum absolute atomic E-state index is 6.65. The van der Waals surface area contributed by atoms with Crippen LogP contribution in [-0.2, 0) is 4.74 Å². The van der Waals surface area contributed by atoms with E-state index in [0.717, 1.165) is 71.3 Å². The number of hydrogen-bond donors (Lipinski definition) is 0.